The van der Waals surface area contributed by atoms with E-state index < -0.39 is 0 Å². The van der Waals surface area contributed by atoms with Crippen LogP contribution in [0.4, 0.5) is 0 Å². The number of nitrogens with one attached hydrogen (secondary N) is 1. The Morgan fingerprint density at radius 3 is 2.55 bits per heavy atom. The van der Waals surface area contributed by atoms with E-state index in [0.29, 0.717) is 17.5 Å². The van der Waals surface area contributed by atoms with Crippen molar-refractivity contribution in [3.8, 4) is 0 Å². The van der Waals surface area contributed by atoms with E-state index in [1.807, 2.05) is 0 Å². The smallest absolute Gasteiger partial charge is 0.0236 e. The Morgan fingerprint density at radius 2 is 1.90 bits per heavy atom. The molecule has 1 aliphatic rings. The Balaban J connectivity index is 1.87. The highest BCUT2D eigenvalue weighted by Crippen LogP contribution is 2.21. The normalized spacial score (nSPS) is 24.8. The van der Waals surface area contributed by atoms with Gasteiger partial charge >= 0.3 is 0 Å². The third-order valence-corrected chi connectivity index (χ3v) is 4.25. The van der Waals surface area contributed by atoms with Gasteiger partial charge in [0.2, 0.25) is 0 Å². The van der Waals surface area contributed by atoms with Crippen LogP contribution in [0.15, 0.2) is 30.3 Å². The molecule has 20 heavy (non-hydrogen) atoms. The SMILES string of the molecule is CC1CNC(Cc2ccccc2)CN1CCC(C)(C)C. The molecule has 112 valence electrons. The van der Waals surface area contributed by atoms with E-state index in [2.05, 4.69) is 68.2 Å². The Kier molecular flexibility index (Phi) is 5.22. The zero-order chi connectivity index (χ0) is 14.6. The van der Waals surface area contributed by atoms with E-state index in [1.165, 1.54) is 25.1 Å². The highest BCUT2D eigenvalue weighted by Gasteiger charge is 2.25. The van der Waals surface area contributed by atoms with Gasteiger partial charge in [-0.05, 0) is 37.3 Å². The molecule has 2 heteroatoms. The fourth-order valence-electron chi connectivity index (χ4n) is 2.82. The molecule has 1 N–H and O–H groups in total. The summed E-state index contributed by atoms with van der Waals surface area (Å²) in [5.74, 6) is 0. The maximum atomic E-state index is 3.70. The highest BCUT2D eigenvalue weighted by molar-refractivity contribution is 5.16. The van der Waals surface area contributed by atoms with Crippen molar-refractivity contribution < 1.29 is 0 Å². The molecule has 0 bridgehead atoms. The lowest BCUT2D eigenvalue weighted by Crippen LogP contribution is -2.56. The summed E-state index contributed by atoms with van der Waals surface area (Å²) in [4.78, 5) is 2.66. The molecule has 2 atom stereocenters. The summed E-state index contributed by atoms with van der Waals surface area (Å²) in [6, 6.07) is 12.1. The van der Waals surface area contributed by atoms with E-state index in [0.717, 1.165) is 13.0 Å². The van der Waals surface area contributed by atoms with Crippen molar-refractivity contribution >= 4 is 0 Å². The van der Waals surface area contributed by atoms with Gasteiger partial charge in [-0.25, -0.2) is 0 Å². The lowest BCUT2D eigenvalue weighted by Gasteiger charge is -2.40. The van der Waals surface area contributed by atoms with Crippen LogP contribution >= 0.6 is 0 Å². The van der Waals surface area contributed by atoms with Crippen molar-refractivity contribution in [1.82, 2.24) is 10.2 Å². The summed E-state index contributed by atoms with van der Waals surface area (Å²) in [5, 5.41) is 3.70. The van der Waals surface area contributed by atoms with Gasteiger partial charge in [0.15, 0.2) is 0 Å². The first-order chi connectivity index (χ1) is 9.44. The first-order valence-electron chi connectivity index (χ1n) is 7.95. The highest BCUT2D eigenvalue weighted by atomic mass is 15.2. The largest absolute Gasteiger partial charge is 0.311 e. The van der Waals surface area contributed by atoms with Crippen LogP contribution in [0.25, 0.3) is 0 Å². The van der Waals surface area contributed by atoms with Crippen LogP contribution in [-0.2, 0) is 6.42 Å². The first-order valence-corrected chi connectivity index (χ1v) is 7.95. The van der Waals surface area contributed by atoms with Crippen LogP contribution < -0.4 is 5.32 Å². The third kappa shape index (κ3) is 4.92. The van der Waals surface area contributed by atoms with Gasteiger partial charge in [0.05, 0.1) is 0 Å². The Bertz CT molecular complexity index is 394. The van der Waals surface area contributed by atoms with Crippen molar-refractivity contribution in [3.63, 3.8) is 0 Å². The predicted molar refractivity (Wildman–Crippen MR) is 87.0 cm³/mol. The van der Waals surface area contributed by atoms with Gasteiger partial charge in [-0.1, -0.05) is 51.1 Å². The predicted octanol–water partition coefficient (Wildman–Crippen LogP) is 3.33. The lowest BCUT2D eigenvalue weighted by atomic mass is 9.91. The molecule has 0 spiro atoms. The third-order valence-electron chi connectivity index (χ3n) is 4.25. The maximum absolute atomic E-state index is 3.70. The maximum Gasteiger partial charge on any atom is 0.0236 e. The van der Waals surface area contributed by atoms with Gasteiger partial charge in [0.1, 0.15) is 0 Å². The van der Waals surface area contributed by atoms with E-state index in [4.69, 9.17) is 0 Å². The quantitative estimate of drug-likeness (QED) is 0.906. The van der Waals surface area contributed by atoms with Crippen molar-refractivity contribution in [1.29, 1.82) is 0 Å². The lowest BCUT2D eigenvalue weighted by molar-refractivity contribution is 0.124. The minimum Gasteiger partial charge on any atom is -0.311 e. The van der Waals surface area contributed by atoms with Gasteiger partial charge in [-0.15, -0.1) is 0 Å². The van der Waals surface area contributed by atoms with Crippen LogP contribution in [0.3, 0.4) is 0 Å². The summed E-state index contributed by atoms with van der Waals surface area (Å²) in [5.41, 5.74) is 1.87. The molecule has 1 aliphatic heterocycles. The number of hydrogen-bond acceptors (Lipinski definition) is 2. The van der Waals surface area contributed by atoms with Crippen LogP contribution in [-0.4, -0.2) is 36.6 Å². The Hall–Kier alpha value is -0.860. The summed E-state index contributed by atoms with van der Waals surface area (Å²) in [6.07, 6.45) is 2.41. The molecule has 1 fully saturated rings. The van der Waals surface area contributed by atoms with Crippen molar-refractivity contribution in [2.45, 2.75) is 52.6 Å². The minimum absolute atomic E-state index is 0.430. The molecule has 0 radical (unpaired) electrons. The molecule has 1 aromatic rings. The van der Waals surface area contributed by atoms with Crippen LogP contribution in [0.2, 0.25) is 0 Å². The van der Waals surface area contributed by atoms with Crippen LogP contribution in [0, 0.1) is 5.41 Å². The summed E-state index contributed by atoms with van der Waals surface area (Å²) in [6.45, 7) is 12.9. The number of nitrogens with zero attached hydrogens (tertiary/aromatic N) is 1. The van der Waals surface area contributed by atoms with Crippen molar-refractivity contribution in [3.05, 3.63) is 35.9 Å². The average Bonchev–Trinajstić information content (AvgIpc) is 2.40. The van der Waals surface area contributed by atoms with Gasteiger partial charge in [-0.3, -0.25) is 4.90 Å². The second-order valence-corrected chi connectivity index (χ2v) is 7.45. The van der Waals surface area contributed by atoms with Gasteiger partial charge < -0.3 is 5.32 Å². The monoisotopic (exact) mass is 274 g/mol. The molecular weight excluding hydrogens is 244 g/mol. The number of benzene rings is 1. The van der Waals surface area contributed by atoms with E-state index in [-0.39, 0.29) is 0 Å². The van der Waals surface area contributed by atoms with Gasteiger partial charge in [0, 0.05) is 25.2 Å². The second kappa shape index (κ2) is 6.73. The molecule has 0 saturated carbocycles. The van der Waals surface area contributed by atoms with E-state index in [1.54, 1.807) is 0 Å². The molecule has 2 rings (SSSR count). The van der Waals surface area contributed by atoms with Crippen LogP contribution in [0.1, 0.15) is 39.7 Å². The fourth-order valence-corrected chi connectivity index (χ4v) is 2.82. The molecule has 1 saturated heterocycles. The fraction of sp³-hybridized carbons (Fsp3) is 0.667. The van der Waals surface area contributed by atoms with Crippen LogP contribution in [0.5, 0.6) is 0 Å². The van der Waals surface area contributed by atoms with E-state index >= 15 is 0 Å². The summed E-state index contributed by atoms with van der Waals surface area (Å²) in [7, 11) is 0. The number of hydrogen-bond donors (Lipinski definition) is 1. The number of piperazine rings is 1. The topological polar surface area (TPSA) is 15.3 Å². The Labute approximate surface area is 124 Å². The summed E-state index contributed by atoms with van der Waals surface area (Å²) >= 11 is 0. The molecule has 0 amide bonds. The van der Waals surface area contributed by atoms with Crippen molar-refractivity contribution in [2.75, 3.05) is 19.6 Å². The standard InChI is InChI=1S/C18H30N2/c1-15-13-19-17(12-16-8-6-5-7-9-16)14-20(15)11-10-18(2,3)4/h5-9,15,17,19H,10-14H2,1-4H3. The number of rotatable bonds is 4. The second-order valence-electron chi connectivity index (χ2n) is 7.45. The van der Waals surface area contributed by atoms with E-state index in [9.17, 15) is 0 Å². The molecule has 1 heterocycles. The molecule has 0 aliphatic carbocycles. The Morgan fingerprint density at radius 1 is 1.20 bits per heavy atom. The first kappa shape index (κ1) is 15.5. The summed E-state index contributed by atoms with van der Waals surface area (Å²) < 4.78 is 0. The molecule has 2 unspecified atom stereocenters. The molecule has 0 aromatic heterocycles. The van der Waals surface area contributed by atoms with Gasteiger partial charge in [0.25, 0.3) is 0 Å². The molecule has 2 nitrogen and oxygen atoms in total. The van der Waals surface area contributed by atoms with Crippen molar-refractivity contribution in [2.24, 2.45) is 5.41 Å². The molecule has 1 aromatic carbocycles. The zero-order valence-electron chi connectivity index (χ0n) is 13.5. The average molecular weight is 274 g/mol. The zero-order valence-corrected chi connectivity index (χ0v) is 13.5. The minimum atomic E-state index is 0.430. The molecular formula is C18H30N2. The van der Waals surface area contributed by atoms with Gasteiger partial charge in [-0.2, -0.15) is 0 Å².